The van der Waals surface area contributed by atoms with E-state index in [2.05, 4.69) is 22.6 Å². The molecule has 1 saturated carbocycles. The highest BCUT2D eigenvalue weighted by Crippen LogP contribution is 2.25. The van der Waals surface area contributed by atoms with Crippen LogP contribution in [0.5, 0.6) is 0 Å². The van der Waals surface area contributed by atoms with Gasteiger partial charge in [0.1, 0.15) is 0 Å². The van der Waals surface area contributed by atoms with Gasteiger partial charge >= 0.3 is 0 Å². The lowest BCUT2D eigenvalue weighted by Crippen LogP contribution is -2.33. The maximum absolute atomic E-state index is 12.8. The zero-order valence-electron chi connectivity index (χ0n) is 16.5. The van der Waals surface area contributed by atoms with Gasteiger partial charge in [-0.15, -0.1) is 0 Å². The summed E-state index contributed by atoms with van der Waals surface area (Å²) < 4.78 is 0. The third kappa shape index (κ3) is 4.07. The van der Waals surface area contributed by atoms with Crippen molar-refractivity contribution in [2.75, 3.05) is 12.4 Å². The zero-order chi connectivity index (χ0) is 20.4. The molecule has 0 aromatic heterocycles. The highest BCUT2D eigenvalue weighted by molar-refractivity contribution is 6.22. The molecule has 150 valence electrons. The van der Waals surface area contributed by atoms with Crippen molar-refractivity contribution in [2.45, 2.75) is 44.7 Å². The van der Waals surface area contributed by atoms with Gasteiger partial charge in [-0.05, 0) is 49.7 Å². The van der Waals surface area contributed by atoms with Gasteiger partial charge < -0.3 is 5.32 Å². The molecule has 29 heavy (non-hydrogen) atoms. The molecule has 1 heterocycles. The number of hydrogen-bond donors (Lipinski definition) is 2. The fourth-order valence-corrected chi connectivity index (χ4v) is 4.20. The number of hydrogen-bond acceptors (Lipinski definition) is 4. The molecule has 0 unspecified atom stereocenters. The van der Waals surface area contributed by atoms with E-state index < -0.39 is 11.8 Å². The van der Waals surface area contributed by atoms with Crippen molar-refractivity contribution in [3.63, 3.8) is 0 Å². The molecule has 2 aliphatic rings. The minimum Gasteiger partial charge on any atom is -0.322 e. The number of nitrogens with zero attached hydrogens (tertiary/aromatic N) is 1. The summed E-state index contributed by atoms with van der Waals surface area (Å²) in [6.45, 7) is 0.766. The Morgan fingerprint density at radius 1 is 1.03 bits per heavy atom. The van der Waals surface area contributed by atoms with Crippen molar-refractivity contribution >= 4 is 23.4 Å². The van der Waals surface area contributed by atoms with Crippen molar-refractivity contribution < 1.29 is 14.4 Å². The first-order valence-corrected chi connectivity index (χ1v) is 10.1. The van der Waals surface area contributed by atoms with Crippen LogP contribution < -0.4 is 10.6 Å². The Balaban J connectivity index is 1.50. The molecular formula is C23H25N3O3. The molecule has 1 aliphatic carbocycles. The number of para-hydroxylation sites is 1. The Labute approximate surface area is 170 Å². The van der Waals surface area contributed by atoms with E-state index in [9.17, 15) is 14.4 Å². The molecule has 1 fully saturated rings. The van der Waals surface area contributed by atoms with Crippen LogP contribution in [0.15, 0.2) is 42.5 Å². The van der Waals surface area contributed by atoms with Crippen LogP contribution in [0.4, 0.5) is 5.69 Å². The minimum absolute atomic E-state index is 0.243. The van der Waals surface area contributed by atoms with Gasteiger partial charge in [0.05, 0.1) is 11.1 Å². The second-order valence-electron chi connectivity index (χ2n) is 7.86. The summed E-state index contributed by atoms with van der Waals surface area (Å²) in [4.78, 5) is 38.7. The zero-order valence-corrected chi connectivity index (χ0v) is 16.5. The molecule has 2 aromatic carbocycles. The Morgan fingerprint density at radius 3 is 2.55 bits per heavy atom. The molecule has 4 rings (SSSR count). The number of anilines is 1. The Morgan fingerprint density at radius 2 is 1.76 bits per heavy atom. The number of imide groups is 1. The molecule has 1 aliphatic heterocycles. The van der Waals surface area contributed by atoms with E-state index >= 15 is 0 Å². The highest BCUT2D eigenvalue weighted by Gasteiger charge is 2.27. The number of nitrogens with one attached hydrogen (secondary N) is 2. The number of benzene rings is 2. The molecule has 0 bridgehead atoms. The van der Waals surface area contributed by atoms with Crippen LogP contribution >= 0.6 is 0 Å². The molecule has 2 N–H and O–H groups in total. The quantitative estimate of drug-likeness (QED) is 0.764. The molecule has 6 nitrogen and oxygen atoms in total. The minimum atomic E-state index is -0.464. The second kappa shape index (κ2) is 8.17. The first-order valence-electron chi connectivity index (χ1n) is 10.1. The van der Waals surface area contributed by atoms with E-state index in [1.807, 2.05) is 24.3 Å². The second-order valence-corrected chi connectivity index (χ2v) is 7.86. The maximum atomic E-state index is 12.8. The van der Waals surface area contributed by atoms with E-state index in [0.717, 1.165) is 17.8 Å². The molecular weight excluding hydrogens is 366 g/mol. The van der Waals surface area contributed by atoms with Gasteiger partial charge in [-0.1, -0.05) is 37.5 Å². The summed E-state index contributed by atoms with van der Waals surface area (Å²) >= 11 is 0. The third-order valence-electron chi connectivity index (χ3n) is 5.88. The Bertz CT molecular complexity index is 964. The summed E-state index contributed by atoms with van der Waals surface area (Å²) in [6.07, 6.45) is 6.33. The normalized spacial score (nSPS) is 16.6. The molecule has 2 aromatic rings. The largest absolute Gasteiger partial charge is 0.322 e. The van der Waals surface area contributed by atoms with Crippen LogP contribution in [0.2, 0.25) is 0 Å². The van der Waals surface area contributed by atoms with E-state index in [4.69, 9.17) is 0 Å². The smallest absolute Gasteiger partial charge is 0.258 e. The van der Waals surface area contributed by atoms with Crippen LogP contribution in [0.25, 0.3) is 0 Å². The summed E-state index contributed by atoms with van der Waals surface area (Å²) in [7, 11) is 2.14. The third-order valence-corrected chi connectivity index (χ3v) is 5.88. The number of rotatable bonds is 5. The topological polar surface area (TPSA) is 78.5 Å². The highest BCUT2D eigenvalue weighted by atomic mass is 16.2. The molecule has 0 radical (unpaired) electrons. The number of carbonyl (C=O) groups excluding carboxylic acids is 3. The maximum Gasteiger partial charge on any atom is 0.258 e. The van der Waals surface area contributed by atoms with E-state index in [1.165, 1.54) is 44.2 Å². The van der Waals surface area contributed by atoms with Gasteiger partial charge in [0.25, 0.3) is 17.7 Å². The first-order chi connectivity index (χ1) is 14.0. The van der Waals surface area contributed by atoms with Gasteiger partial charge in [0.15, 0.2) is 0 Å². The van der Waals surface area contributed by atoms with Crippen LogP contribution in [-0.4, -0.2) is 35.7 Å². The van der Waals surface area contributed by atoms with E-state index in [0.29, 0.717) is 17.2 Å². The Hall–Kier alpha value is -2.99. The average Bonchev–Trinajstić information content (AvgIpc) is 3.03. The number of carbonyl (C=O) groups is 3. The summed E-state index contributed by atoms with van der Waals surface area (Å²) in [5, 5.41) is 5.21. The van der Waals surface area contributed by atoms with Crippen molar-refractivity contribution in [3.05, 3.63) is 64.7 Å². The fraction of sp³-hybridized carbons (Fsp3) is 0.348. The molecule has 6 heteroatoms. The van der Waals surface area contributed by atoms with Gasteiger partial charge in [0.2, 0.25) is 0 Å². The van der Waals surface area contributed by atoms with Crippen molar-refractivity contribution in [1.29, 1.82) is 0 Å². The van der Waals surface area contributed by atoms with Gasteiger partial charge in [-0.3, -0.25) is 24.6 Å². The van der Waals surface area contributed by atoms with Gasteiger partial charge in [0, 0.05) is 23.8 Å². The molecule has 0 atom stereocenters. The Kier molecular flexibility index (Phi) is 5.45. The molecule has 0 spiro atoms. The number of fused-ring (bicyclic) bond motifs is 1. The lowest BCUT2D eigenvalue weighted by Gasteiger charge is -2.31. The summed E-state index contributed by atoms with van der Waals surface area (Å²) in [6, 6.07) is 13.0. The summed E-state index contributed by atoms with van der Waals surface area (Å²) in [5.41, 5.74) is 2.72. The van der Waals surface area contributed by atoms with Crippen LogP contribution in [0.3, 0.4) is 0 Å². The standard InChI is InChI=1S/C23H25N3O3/c1-26(17-8-3-2-4-9-17)14-16-7-5-6-10-20(16)24-21(27)15-11-12-18-19(13-15)23(29)25-22(18)28/h5-7,10-13,17H,2-4,8-9,14H2,1H3,(H,24,27)(H,25,28,29). The fourth-order valence-electron chi connectivity index (χ4n) is 4.20. The lowest BCUT2D eigenvalue weighted by atomic mass is 9.94. The van der Waals surface area contributed by atoms with Crippen molar-refractivity contribution in [3.8, 4) is 0 Å². The number of amides is 3. The van der Waals surface area contributed by atoms with Crippen LogP contribution in [0, 0.1) is 0 Å². The molecule has 3 amide bonds. The van der Waals surface area contributed by atoms with E-state index in [-0.39, 0.29) is 11.5 Å². The lowest BCUT2D eigenvalue weighted by molar-refractivity contribution is 0.0879. The van der Waals surface area contributed by atoms with Crippen LogP contribution in [-0.2, 0) is 6.54 Å². The van der Waals surface area contributed by atoms with Crippen LogP contribution in [0.1, 0.15) is 68.7 Å². The SMILES string of the molecule is CN(Cc1ccccc1NC(=O)c1ccc2c(c1)C(=O)NC2=O)C1CCCCC1. The van der Waals surface area contributed by atoms with Crippen molar-refractivity contribution in [2.24, 2.45) is 0 Å². The first kappa shape index (κ1) is 19.3. The average molecular weight is 391 g/mol. The summed E-state index contributed by atoms with van der Waals surface area (Å²) in [5.74, 6) is -1.19. The predicted molar refractivity (Wildman–Crippen MR) is 111 cm³/mol. The monoisotopic (exact) mass is 391 g/mol. The predicted octanol–water partition coefficient (Wildman–Crippen LogP) is 3.59. The van der Waals surface area contributed by atoms with Gasteiger partial charge in [-0.2, -0.15) is 0 Å². The molecule has 0 saturated heterocycles. The van der Waals surface area contributed by atoms with Gasteiger partial charge in [-0.25, -0.2) is 0 Å². The van der Waals surface area contributed by atoms with Crippen molar-refractivity contribution in [1.82, 2.24) is 10.2 Å². The van der Waals surface area contributed by atoms with E-state index in [1.54, 1.807) is 6.07 Å².